The summed E-state index contributed by atoms with van der Waals surface area (Å²) >= 11 is 0. The number of nitrogens with zero attached hydrogens (tertiary/aromatic N) is 3. The van der Waals surface area contributed by atoms with Crippen LogP contribution in [-0.2, 0) is 0 Å². The Morgan fingerprint density at radius 1 is 1.00 bits per heavy atom. The minimum atomic E-state index is -0.0891. The van der Waals surface area contributed by atoms with Crippen LogP contribution in [0.5, 0.6) is 0 Å². The fourth-order valence-corrected chi connectivity index (χ4v) is 4.99. The number of hydrogen-bond acceptors (Lipinski definition) is 4. The van der Waals surface area contributed by atoms with Crippen LogP contribution < -0.4 is 10.2 Å². The zero-order valence-electron chi connectivity index (χ0n) is 19.0. The number of amides is 2. The lowest BCUT2D eigenvalue weighted by molar-refractivity contribution is 0.178. The number of carbonyl (C=O) groups is 1. The maximum Gasteiger partial charge on any atom is 0.318 e. The molecule has 1 aliphatic carbocycles. The number of rotatable bonds is 4. The maximum atomic E-state index is 13.0. The zero-order valence-corrected chi connectivity index (χ0v) is 19.0. The van der Waals surface area contributed by atoms with Crippen LogP contribution >= 0.6 is 0 Å². The normalized spacial score (nSPS) is 19.4. The molecule has 0 bridgehead atoms. The molecular weight excluding hydrogens is 400 g/mol. The molecule has 2 aromatic carbocycles. The van der Waals surface area contributed by atoms with Crippen LogP contribution in [0.4, 0.5) is 10.5 Å². The number of fused-ring (bicyclic) bond motifs is 1. The van der Waals surface area contributed by atoms with Gasteiger partial charge in [-0.3, -0.25) is 0 Å². The average Bonchev–Trinajstić information content (AvgIpc) is 3.46. The van der Waals surface area contributed by atoms with Gasteiger partial charge in [-0.25, -0.2) is 9.78 Å². The Kier molecular flexibility index (Phi) is 5.77. The topological polar surface area (TPSA) is 61.6 Å². The summed E-state index contributed by atoms with van der Waals surface area (Å²) in [6.45, 7) is 0.755. The fourth-order valence-electron chi connectivity index (χ4n) is 4.99. The first-order valence-corrected chi connectivity index (χ1v) is 11.8. The van der Waals surface area contributed by atoms with E-state index in [1.165, 1.54) is 24.9 Å². The van der Waals surface area contributed by atoms with Gasteiger partial charge >= 0.3 is 6.03 Å². The van der Waals surface area contributed by atoms with Gasteiger partial charge < -0.3 is 19.5 Å². The van der Waals surface area contributed by atoms with E-state index >= 15 is 0 Å². The molecule has 1 N–H and O–H groups in total. The smallest absolute Gasteiger partial charge is 0.318 e. The molecule has 1 saturated heterocycles. The highest BCUT2D eigenvalue weighted by Gasteiger charge is 2.34. The molecule has 0 spiro atoms. The quantitative estimate of drug-likeness (QED) is 0.571. The lowest BCUT2D eigenvalue weighted by Crippen LogP contribution is -2.45. The van der Waals surface area contributed by atoms with E-state index in [4.69, 9.17) is 9.40 Å². The molecule has 1 atom stereocenters. The first-order valence-electron chi connectivity index (χ1n) is 11.8. The highest BCUT2D eigenvalue weighted by atomic mass is 16.4. The van der Waals surface area contributed by atoms with Gasteiger partial charge in [0, 0.05) is 32.4 Å². The molecule has 2 amide bonds. The molecule has 1 aliphatic heterocycles. The summed E-state index contributed by atoms with van der Waals surface area (Å²) in [5.74, 6) is 0.649. The number of likely N-dealkylation sites (tertiary alicyclic amines) is 1. The van der Waals surface area contributed by atoms with Crippen LogP contribution in [0, 0.1) is 0 Å². The monoisotopic (exact) mass is 432 g/mol. The molecule has 2 heterocycles. The molecule has 2 fully saturated rings. The minimum absolute atomic E-state index is 0.0309. The summed E-state index contributed by atoms with van der Waals surface area (Å²) < 4.78 is 6.12. The number of benzene rings is 2. The van der Waals surface area contributed by atoms with Crippen molar-refractivity contribution in [2.24, 2.45) is 0 Å². The van der Waals surface area contributed by atoms with Gasteiger partial charge in [0.1, 0.15) is 11.6 Å². The standard InChI is InChI=1S/C26H32N4O2/c1-29(2)21-13-10-18(11-14-21)19-12-15-24-22(17-19)28-25(32-24)23-9-6-16-30(23)26(31)27-20-7-4-3-5-8-20/h10-15,17,20,23H,3-9,16H2,1-2H3,(H,27,31). The highest BCUT2D eigenvalue weighted by Crippen LogP contribution is 2.34. The summed E-state index contributed by atoms with van der Waals surface area (Å²) in [4.78, 5) is 21.8. The number of hydrogen-bond donors (Lipinski definition) is 1. The van der Waals surface area contributed by atoms with Crippen molar-refractivity contribution in [3.8, 4) is 11.1 Å². The number of carbonyl (C=O) groups excluding carboxylic acids is 1. The van der Waals surface area contributed by atoms with Crippen molar-refractivity contribution in [2.45, 2.75) is 57.0 Å². The Balaban J connectivity index is 1.35. The second kappa shape index (κ2) is 8.85. The van der Waals surface area contributed by atoms with Crippen LogP contribution in [0.1, 0.15) is 56.9 Å². The Labute approximate surface area is 189 Å². The van der Waals surface area contributed by atoms with E-state index in [0.717, 1.165) is 54.5 Å². The molecule has 1 aromatic heterocycles. The second-order valence-electron chi connectivity index (χ2n) is 9.31. The third-order valence-electron chi connectivity index (χ3n) is 6.85. The van der Waals surface area contributed by atoms with Gasteiger partial charge in [-0.2, -0.15) is 0 Å². The van der Waals surface area contributed by atoms with E-state index in [-0.39, 0.29) is 12.1 Å². The van der Waals surface area contributed by atoms with Crippen molar-refractivity contribution in [1.29, 1.82) is 0 Å². The van der Waals surface area contributed by atoms with Crippen LogP contribution in [0.3, 0.4) is 0 Å². The van der Waals surface area contributed by atoms with E-state index in [2.05, 4.69) is 46.6 Å². The van der Waals surface area contributed by atoms with Crippen molar-refractivity contribution in [3.05, 3.63) is 48.4 Å². The van der Waals surface area contributed by atoms with Gasteiger partial charge in [-0.1, -0.05) is 37.5 Å². The predicted molar refractivity (Wildman–Crippen MR) is 128 cm³/mol. The molecule has 5 rings (SSSR count). The van der Waals surface area contributed by atoms with Crippen LogP contribution in [0.15, 0.2) is 46.9 Å². The number of urea groups is 1. The molecule has 0 radical (unpaired) electrons. The van der Waals surface area contributed by atoms with Crippen molar-refractivity contribution < 1.29 is 9.21 Å². The predicted octanol–water partition coefficient (Wildman–Crippen LogP) is 5.74. The molecule has 168 valence electrons. The van der Waals surface area contributed by atoms with E-state index in [1.807, 2.05) is 25.1 Å². The van der Waals surface area contributed by atoms with E-state index in [9.17, 15) is 4.79 Å². The second-order valence-corrected chi connectivity index (χ2v) is 9.31. The number of aromatic nitrogens is 1. The van der Waals surface area contributed by atoms with Gasteiger partial charge in [-0.15, -0.1) is 0 Å². The van der Waals surface area contributed by atoms with E-state index in [0.29, 0.717) is 11.9 Å². The molecule has 1 unspecified atom stereocenters. The largest absolute Gasteiger partial charge is 0.438 e. The summed E-state index contributed by atoms with van der Waals surface area (Å²) in [6.07, 6.45) is 7.74. The Hall–Kier alpha value is -3.02. The Morgan fingerprint density at radius 2 is 1.75 bits per heavy atom. The lowest BCUT2D eigenvalue weighted by Gasteiger charge is -2.28. The first kappa shape index (κ1) is 20.9. The number of oxazole rings is 1. The maximum absolute atomic E-state index is 13.0. The SMILES string of the molecule is CN(C)c1ccc(-c2ccc3oc(C4CCCN4C(=O)NC4CCCCC4)nc3c2)cc1. The van der Waals surface area contributed by atoms with Crippen molar-refractivity contribution in [1.82, 2.24) is 15.2 Å². The molecule has 1 saturated carbocycles. The zero-order chi connectivity index (χ0) is 22.1. The van der Waals surface area contributed by atoms with Gasteiger partial charge in [0.15, 0.2) is 5.58 Å². The molecular formula is C26H32N4O2. The minimum Gasteiger partial charge on any atom is -0.438 e. The van der Waals surface area contributed by atoms with Gasteiger partial charge in [-0.05, 0) is 61.1 Å². The molecule has 32 heavy (non-hydrogen) atoms. The molecule has 2 aliphatic rings. The van der Waals surface area contributed by atoms with E-state index in [1.54, 1.807) is 0 Å². The van der Waals surface area contributed by atoms with Gasteiger partial charge in [0.25, 0.3) is 0 Å². The summed E-state index contributed by atoms with van der Waals surface area (Å²) in [5.41, 5.74) is 5.05. The lowest BCUT2D eigenvalue weighted by atomic mass is 9.96. The summed E-state index contributed by atoms with van der Waals surface area (Å²) in [6, 6.07) is 14.9. The fraction of sp³-hybridized carbons (Fsp3) is 0.462. The number of nitrogens with one attached hydrogen (secondary N) is 1. The van der Waals surface area contributed by atoms with Crippen molar-refractivity contribution >= 4 is 22.8 Å². The Bertz CT molecular complexity index is 1080. The van der Waals surface area contributed by atoms with Gasteiger partial charge in [0.2, 0.25) is 5.89 Å². The van der Waals surface area contributed by atoms with Crippen molar-refractivity contribution in [2.75, 3.05) is 25.5 Å². The highest BCUT2D eigenvalue weighted by molar-refractivity contribution is 5.81. The third-order valence-corrected chi connectivity index (χ3v) is 6.85. The van der Waals surface area contributed by atoms with Crippen molar-refractivity contribution in [3.63, 3.8) is 0 Å². The third kappa shape index (κ3) is 4.18. The van der Waals surface area contributed by atoms with Gasteiger partial charge in [0.05, 0.1) is 0 Å². The number of anilines is 1. The average molecular weight is 433 g/mol. The molecule has 6 nitrogen and oxygen atoms in total. The molecule has 3 aromatic rings. The summed E-state index contributed by atoms with van der Waals surface area (Å²) in [5, 5.41) is 3.25. The Morgan fingerprint density at radius 3 is 2.50 bits per heavy atom. The summed E-state index contributed by atoms with van der Waals surface area (Å²) in [7, 11) is 4.08. The van der Waals surface area contributed by atoms with Crippen LogP contribution in [0.2, 0.25) is 0 Å². The first-order chi connectivity index (χ1) is 15.6. The van der Waals surface area contributed by atoms with E-state index < -0.39 is 0 Å². The molecule has 6 heteroatoms. The van der Waals surface area contributed by atoms with Crippen LogP contribution in [-0.4, -0.2) is 42.6 Å². The van der Waals surface area contributed by atoms with Crippen LogP contribution in [0.25, 0.3) is 22.2 Å².